The molecule has 2 nitrogen and oxygen atoms in total. The summed E-state index contributed by atoms with van der Waals surface area (Å²) in [5, 5.41) is 9.10. The second-order valence-electron chi connectivity index (χ2n) is 6.21. The normalized spacial score (nSPS) is 44.3. The molecule has 2 rings (SSSR count). The van der Waals surface area contributed by atoms with Crippen molar-refractivity contribution in [2.24, 2.45) is 5.92 Å². The third-order valence-corrected chi connectivity index (χ3v) is 4.18. The van der Waals surface area contributed by atoms with Gasteiger partial charge < -0.3 is 0 Å². The Bertz CT molecular complexity index is 305. The van der Waals surface area contributed by atoms with Crippen LogP contribution in [0.15, 0.2) is 0 Å². The van der Waals surface area contributed by atoms with Crippen molar-refractivity contribution in [1.29, 1.82) is 5.26 Å². The molecule has 0 N–H and O–H groups in total. The molecule has 0 aromatic heterocycles. The van der Waals surface area contributed by atoms with Crippen LogP contribution < -0.4 is 0 Å². The Labute approximate surface area is 86.9 Å². The van der Waals surface area contributed by atoms with Gasteiger partial charge in [0.2, 0.25) is 0 Å². The van der Waals surface area contributed by atoms with Gasteiger partial charge in [0.25, 0.3) is 0 Å². The van der Waals surface area contributed by atoms with E-state index in [9.17, 15) is 0 Å². The van der Waals surface area contributed by atoms with Crippen molar-refractivity contribution in [2.75, 3.05) is 0 Å². The minimum atomic E-state index is 0.193. The fourth-order valence-corrected chi connectivity index (χ4v) is 3.85. The monoisotopic (exact) mass is 192 g/mol. The molecule has 1 spiro atoms. The molecule has 78 valence electrons. The summed E-state index contributed by atoms with van der Waals surface area (Å²) >= 11 is 0. The fourth-order valence-electron chi connectivity index (χ4n) is 3.85. The van der Waals surface area contributed by atoms with Gasteiger partial charge in [0.1, 0.15) is 0 Å². The van der Waals surface area contributed by atoms with Gasteiger partial charge in [-0.2, -0.15) is 5.26 Å². The molecule has 0 bridgehead atoms. The van der Waals surface area contributed by atoms with Gasteiger partial charge in [-0.05, 0) is 47.5 Å². The van der Waals surface area contributed by atoms with Gasteiger partial charge in [-0.1, -0.05) is 0 Å². The summed E-state index contributed by atoms with van der Waals surface area (Å²) in [5.41, 5.74) is 0.628. The predicted octanol–water partition coefficient (Wildman–Crippen LogP) is 2.55. The third kappa shape index (κ3) is 0.846. The van der Waals surface area contributed by atoms with Crippen LogP contribution in [-0.4, -0.2) is 21.5 Å². The molecule has 0 aromatic rings. The number of nitrogens with zero attached hydrogens (tertiary/aromatic N) is 2. The summed E-state index contributed by atoms with van der Waals surface area (Å²) in [4.78, 5) is 2.53. The third-order valence-electron chi connectivity index (χ3n) is 4.18. The summed E-state index contributed by atoms with van der Waals surface area (Å²) < 4.78 is 0. The van der Waals surface area contributed by atoms with Crippen LogP contribution >= 0.6 is 0 Å². The lowest BCUT2D eigenvalue weighted by Gasteiger charge is -2.37. The highest BCUT2D eigenvalue weighted by molar-refractivity contribution is 5.36. The SMILES string of the molecule is CC(C)(C)N1C(C)(C)C12CCC2C#N. The van der Waals surface area contributed by atoms with Gasteiger partial charge in [0, 0.05) is 11.1 Å². The summed E-state index contributed by atoms with van der Waals surface area (Å²) in [6, 6.07) is 2.47. The van der Waals surface area contributed by atoms with Gasteiger partial charge in [-0.25, -0.2) is 0 Å². The molecule has 1 aliphatic carbocycles. The van der Waals surface area contributed by atoms with E-state index < -0.39 is 0 Å². The van der Waals surface area contributed by atoms with Crippen LogP contribution in [0.25, 0.3) is 0 Å². The molecule has 0 aromatic carbocycles. The number of hydrogen-bond donors (Lipinski definition) is 0. The van der Waals surface area contributed by atoms with E-state index in [2.05, 4.69) is 45.6 Å². The van der Waals surface area contributed by atoms with Crippen molar-refractivity contribution in [1.82, 2.24) is 4.90 Å². The van der Waals surface area contributed by atoms with E-state index in [0.29, 0.717) is 0 Å². The Hall–Kier alpha value is -0.550. The lowest BCUT2D eigenvalue weighted by atomic mass is 9.68. The Morgan fingerprint density at radius 3 is 2.14 bits per heavy atom. The molecular formula is C12H20N2. The van der Waals surface area contributed by atoms with Crippen LogP contribution in [0.5, 0.6) is 0 Å². The number of nitriles is 1. The van der Waals surface area contributed by atoms with Crippen molar-refractivity contribution in [3.8, 4) is 6.07 Å². The molecule has 3 atom stereocenters. The van der Waals surface area contributed by atoms with E-state index in [1.807, 2.05) is 0 Å². The summed E-state index contributed by atoms with van der Waals surface area (Å²) in [6.07, 6.45) is 2.29. The van der Waals surface area contributed by atoms with Gasteiger partial charge >= 0.3 is 0 Å². The smallest absolute Gasteiger partial charge is 0.0676 e. The van der Waals surface area contributed by atoms with Gasteiger partial charge in [-0.15, -0.1) is 0 Å². The van der Waals surface area contributed by atoms with E-state index in [0.717, 1.165) is 6.42 Å². The van der Waals surface area contributed by atoms with Crippen molar-refractivity contribution in [3.63, 3.8) is 0 Å². The van der Waals surface area contributed by atoms with Crippen LogP contribution in [-0.2, 0) is 0 Å². The number of rotatable bonds is 0. The average molecular weight is 192 g/mol. The van der Waals surface area contributed by atoms with Gasteiger partial charge in [0.05, 0.1) is 17.5 Å². The Morgan fingerprint density at radius 2 is 1.93 bits per heavy atom. The van der Waals surface area contributed by atoms with E-state index in [1.165, 1.54) is 6.42 Å². The number of hydrogen-bond acceptors (Lipinski definition) is 2. The molecule has 2 heteroatoms. The Morgan fingerprint density at radius 1 is 1.36 bits per heavy atom. The molecule has 14 heavy (non-hydrogen) atoms. The maximum atomic E-state index is 9.10. The van der Waals surface area contributed by atoms with Crippen molar-refractivity contribution in [3.05, 3.63) is 0 Å². The zero-order valence-electron chi connectivity index (χ0n) is 9.89. The van der Waals surface area contributed by atoms with Crippen LogP contribution in [0.4, 0.5) is 0 Å². The van der Waals surface area contributed by atoms with Gasteiger partial charge in [0.15, 0.2) is 0 Å². The Kier molecular flexibility index (Phi) is 1.66. The second-order valence-corrected chi connectivity index (χ2v) is 6.21. The largest absolute Gasteiger partial charge is 0.283 e. The van der Waals surface area contributed by atoms with Crippen molar-refractivity contribution >= 4 is 0 Å². The predicted molar refractivity (Wildman–Crippen MR) is 56.7 cm³/mol. The quantitative estimate of drug-likeness (QED) is 0.551. The van der Waals surface area contributed by atoms with Crippen LogP contribution in [0.2, 0.25) is 0 Å². The minimum absolute atomic E-state index is 0.193. The molecule has 1 saturated heterocycles. The van der Waals surface area contributed by atoms with Crippen LogP contribution in [0.1, 0.15) is 47.5 Å². The fraction of sp³-hybridized carbons (Fsp3) is 0.917. The van der Waals surface area contributed by atoms with Crippen LogP contribution in [0.3, 0.4) is 0 Å². The first-order chi connectivity index (χ1) is 6.28. The molecule has 2 fully saturated rings. The average Bonchev–Trinajstić information content (AvgIpc) is 2.48. The highest BCUT2D eigenvalue weighted by Crippen LogP contribution is 2.68. The first-order valence-electron chi connectivity index (χ1n) is 5.48. The highest BCUT2D eigenvalue weighted by Gasteiger charge is 2.78. The lowest BCUT2D eigenvalue weighted by Crippen LogP contribution is -2.44. The summed E-state index contributed by atoms with van der Waals surface area (Å²) in [7, 11) is 0. The van der Waals surface area contributed by atoms with E-state index in [1.54, 1.807) is 0 Å². The highest BCUT2D eigenvalue weighted by atomic mass is 15.5. The zero-order chi connectivity index (χ0) is 10.8. The molecule has 1 saturated carbocycles. The molecule has 1 aliphatic heterocycles. The first-order valence-corrected chi connectivity index (χ1v) is 5.48. The zero-order valence-corrected chi connectivity index (χ0v) is 9.89. The van der Waals surface area contributed by atoms with E-state index in [4.69, 9.17) is 5.26 Å². The second kappa shape index (κ2) is 2.33. The maximum Gasteiger partial charge on any atom is 0.0676 e. The molecule has 0 radical (unpaired) electrons. The topological polar surface area (TPSA) is 26.8 Å². The van der Waals surface area contributed by atoms with Crippen molar-refractivity contribution in [2.45, 2.75) is 64.1 Å². The molecule has 2 aliphatic rings. The van der Waals surface area contributed by atoms with Crippen LogP contribution in [0, 0.1) is 17.2 Å². The Balaban J connectivity index is 2.30. The van der Waals surface area contributed by atoms with E-state index >= 15 is 0 Å². The molecular weight excluding hydrogens is 172 g/mol. The lowest BCUT2D eigenvalue weighted by molar-refractivity contribution is 0.145. The van der Waals surface area contributed by atoms with E-state index in [-0.39, 0.29) is 22.5 Å². The first kappa shape index (κ1) is 9.98. The maximum absolute atomic E-state index is 9.10. The molecule has 0 amide bonds. The summed E-state index contributed by atoms with van der Waals surface area (Å²) in [6.45, 7) is 11.3. The minimum Gasteiger partial charge on any atom is -0.283 e. The van der Waals surface area contributed by atoms with Crippen molar-refractivity contribution < 1.29 is 0 Å². The molecule has 1 heterocycles. The van der Waals surface area contributed by atoms with Gasteiger partial charge in [-0.3, -0.25) is 4.90 Å². The summed E-state index contributed by atoms with van der Waals surface area (Å²) in [5.74, 6) is 0.261. The standard InChI is InChI=1S/C12H20N2/c1-10(2,3)14-11(4,5)12(14)7-6-9(12)8-13/h9H,6-7H2,1-5H3. The molecule has 3 unspecified atom stereocenters.